The summed E-state index contributed by atoms with van der Waals surface area (Å²) in [4.78, 5) is 13.6. The molecule has 2 atom stereocenters. The fourth-order valence-corrected chi connectivity index (χ4v) is 1.89. The van der Waals surface area contributed by atoms with Gasteiger partial charge in [0.25, 0.3) is 0 Å². The molecule has 1 amide bonds. The second-order valence-corrected chi connectivity index (χ2v) is 4.20. The molecule has 0 aliphatic carbocycles. The van der Waals surface area contributed by atoms with Gasteiger partial charge >= 0.3 is 0 Å². The highest BCUT2D eigenvalue weighted by Gasteiger charge is 2.33. The molecule has 2 N–H and O–H groups in total. The minimum absolute atomic E-state index is 0.263. The van der Waals surface area contributed by atoms with Crippen LogP contribution in [0.4, 0.5) is 10.1 Å². The van der Waals surface area contributed by atoms with Crippen LogP contribution in [0, 0.1) is 5.82 Å². The molecular weight excluding hydrogens is 235 g/mol. The van der Waals surface area contributed by atoms with E-state index in [-0.39, 0.29) is 12.5 Å². The number of rotatable bonds is 2. The summed E-state index contributed by atoms with van der Waals surface area (Å²) in [6.45, 7) is 5.57. The minimum Gasteiger partial charge on any atom is -0.486 e. The molecule has 96 valence electrons. The molecule has 1 heterocycles. The minimum atomic E-state index is -0.777. The molecule has 4 nitrogen and oxygen atoms in total. The number of halogens is 1. The molecule has 0 radical (unpaired) electrons. The average Bonchev–Trinajstić information content (AvgIpc) is 2.43. The maximum atomic E-state index is 13.3. The Hall–Kier alpha value is -1.88. The number of carbonyl (C=O) groups is 1. The molecular formula is C13H15FN2O2. The van der Waals surface area contributed by atoms with Gasteiger partial charge in [-0.1, -0.05) is 6.08 Å². The van der Waals surface area contributed by atoms with Crippen molar-refractivity contribution in [3.8, 4) is 5.75 Å². The fraction of sp³-hybridized carbons (Fsp3) is 0.308. The molecule has 2 rings (SSSR count). The monoisotopic (exact) mass is 250 g/mol. The molecule has 0 saturated carbocycles. The first-order chi connectivity index (χ1) is 8.54. The number of hydrogen-bond donors (Lipinski definition) is 1. The zero-order valence-electron chi connectivity index (χ0n) is 10.1. The number of fused-ring (bicyclic) bond motifs is 1. The maximum absolute atomic E-state index is 13.3. The lowest BCUT2D eigenvalue weighted by molar-refractivity contribution is -0.121. The predicted octanol–water partition coefficient (Wildman–Crippen LogP) is 1.45. The van der Waals surface area contributed by atoms with Crippen molar-refractivity contribution in [1.82, 2.24) is 0 Å². The largest absolute Gasteiger partial charge is 0.486 e. The Morgan fingerprint density at radius 2 is 2.33 bits per heavy atom. The van der Waals surface area contributed by atoms with Gasteiger partial charge < -0.3 is 15.4 Å². The van der Waals surface area contributed by atoms with Gasteiger partial charge in [-0.3, -0.25) is 4.79 Å². The smallest absolute Gasteiger partial charge is 0.248 e. The summed E-state index contributed by atoms with van der Waals surface area (Å²) in [5, 5.41) is 0. The number of ether oxygens (including phenoxy) is 1. The number of nitrogens with zero attached hydrogens (tertiary/aromatic N) is 1. The van der Waals surface area contributed by atoms with Gasteiger partial charge in [-0.2, -0.15) is 0 Å². The highest BCUT2D eigenvalue weighted by molar-refractivity contribution is 5.99. The number of hydrogen-bond acceptors (Lipinski definition) is 3. The van der Waals surface area contributed by atoms with Gasteiger partial charge in [-0.05, 0) is 19.1 Å². The van der Waals surface area contributed by atoms with Gasteiger partial charge in [0.1, 0.15) is 23.7 Å². The van der Waals surface area contributed by atoms with Crippen molar-refractivity contribution < 1.29 is 13.9 Å². The van der Waals surface area contributed by atoms with Gasteiger partial charge in [-0.15, -0.1) is 6.58 Å². The fourth-order valence-electron chi connectivity index (χ4n) is 1.89. The summed E-state index contributed by atoms with van der Waals surface area (Å²) < 4.78 is 18.9. The second kappa shape index (κ2) is 4.78. The Morgan fingerprint density at radius 3 is 3.00 bits per heavy atom. The Morgan fingerprint density at radius 1 is 1.61 bits per heavy atom. The summed E-state index contributed by atoms with van der Waals surface area (Å²) in [6.07, 6.45) is 1.10. The van der Waals surface area contributed by atoms with Crippen LogP contribution in [0.25, 0.3) is 0 Å². The van der Waals surface area contributed by atoms with Gasteiger partial charge in [0.2, 0.25) is 5.91 Å². The van der Waals surface area contributed by atoms with Gasteiger partial charge in [0.05, 0.1) is 5.69 Å². The van der Waals surface area contributed by atoms with Gasteiger partial charge in [-0.25, -0.2) is 4.39 Å². The molecule has 1 aliphatic heterocycles. The number of nitrogens with two attached hydrogens (primary N) is 1. The third-order valence-electron chi connectivity index (χ3n) is 2.89. The van der Waals surface area contributed by atoms with E-state index < -0.39 is 18.0 Å². The first kappa shape index (κ1) is 12.6. The Bertz CT molecular complexity index is 490. The summed E-state index contributed by atoms with van der Waals surface area (Å²) >= 11 is 0. The molecule has 0 fully saturated rings. The van der Waals surface area contributed by atoms with Crippen LogP contribution in [0.3, 0.4) is 0 Å². The molecule has 0 saturated heterocycles. The molecule has 1 aromatic carbocycles. The number of amides is 1. The van der Waals surface area contributed by atoms with Crippen molar-refractivity contribution in [3.63, 3.8) is 0 Å². The molecule has 0 unspecified atom stereocenters. The van der Waals surface area contributed by atoms with E-state index in [1.165, 1.54) is 23.1 Å². The first-order valence-corrected chi connectivity index (χ1v) is 5.68. The second-order valence-electron chi connectivity index (χ2n) is 4.20. The number of benzene rings is 1. The van der Waals surface area contributed by atoms with E-state index in [0.717, 1.165) is 0 Å². The highest BCUT2D eigenvalue weighted by atomic mass is 19.1. The summed E-state index contributed by atoms with van der Waals surface area (Å²) in [6, 6.07) is 3.28. The van der Waals surface area contributed by atoms with Crippen LogP contribution in [0.5, 0.6) is 5.75 Å². The van der Waals surface area contributed by atoms with Crippen molar-refractivity contribution in [2.75, 3.05) is 11.4 Å². The highest BCUT2D eigenvalue weighted by Crippen LogP contribution is 2.33. The number of carbonyl (C=O) groups excluding carboxylic acids is 1. The van der Waals surface area contributed by atoms with E-state index >= 15 is 0 Å². The topological polar surface area (TPSA) is 55.6 Å². The zero-order valence-corrected chi connectivity index (χ0v) is 10.1. The molecule has 0 bridgehead atoms. The van der Waals surface area contributed by atoms with Crippen LogP contribution in [-0.2, 0) is 4.79 Å². The van der Waals surface area contributed by atoms with Gasteiger partial charge in [0.15, 0.2) is 0 Å². The van der Waals surface area contributed by atoms with E-state index in [1.54, 1.807) is 13.0 Å². The lowest BCUT2D eigenvalue weighted by atomic mass is 10.1. The van der Waals surface area contributed by atoms with E-state index in [4.69, 9.17) is 10.5 Å². The van der Waals surface area contributed by atoms with Crippen molar-refractivity contribution in [2.45, 2.75) is 19.1 Å². The molecule has 1 aliphatic rings. The zero-order chi connectivity index (χ0) is 13.3. The van der Waals surface area contributed by atoms with E-state index in [2.05, 4.69) is 6.58 Å². The predicted molar refractivity (Wildman–Crippen MR) is 67.0 cm³/mol. The van der Waals surface area contributed by atoms with E-state index in [0.29, 0.717) is 11.4 Å². The molecule has 1 aromatic rings. The van der Waals surface area contributed by atoms with Crippen LogP contribution in [0.1, 0.15) is 6.92 Å². The summed E-state index contributed by atoms with van der Waals surface area (Å²) in [7, 11) is 0. The van der Waals surface area contributed by atoms with Crippen molar-refractivity contribution in [3.05, 3.63) is 36.7 Å². The van der Waals surface area contributed by atoms with Crippen LogP contribution >= 0.6 is 0 Å². The lowest BCUT2D eigenvalue weighted by Gasteiger charge is -2.22. The molecule has 18 heavy (non-hydrogen) atoms. The van der Waals surface area contributed by atoms with Crippen LogP contribution in [0.15, 0.2) is 30.9 Å². The van der Waals surface area contributed by atoms with Crippen molar-refractivity contribution in [1.29, 1.82) is 0 Å². The van der Waals surface area contributed by atoms with E-state index in [1.807, 2.05) is 0 Å². The summed E-state index contributed by atoms with van der Waals surface area (Å²) in [5.74, 6) is -0.277. The third kappa shape index (κ3) is 2.09. The quantitative estimate of drug-likeness (QED) is 0.808. The van der Waals surface area contributed by atoms with Crippen LogP contribution < -0.4 is 15.4 Å². The normalized spacial score (nSPS) is 23.1. The van der Waals surface area contributed by atoms with Crippen molar-refractivity contribution in [2.24, 2.45) is 5.73 Å². The molecule has 0 aromatic heterocycles. The third-order valence-corrected chi connectivity index (χ3v) is 2.89. The first-order valence-electron chi connectivity index (χ1n) is 5.68. The Labute approximate surface area is 105 Å². The average molecular weight is 250 g/mol. The summed E-state index contributed by atoms with van der Waals surface area (Å²) in [5.41, 5.74) is 6.20. The maximum Gasteiger partial charge on any atom is 0.248 e. The number of anilines is 1. The Balaban J connectivity index is 2.53. The van der Waals surface area contributed by atoms with Crippen molar-refractivity contribution >= 4 is 11.6 Å². The SMILES string of the molecule is C=CCN1C(=O)[C@@H](N)[C@@H](C)Oc2ccc(F)cc21. The van der Waals surface area contributed by atoms with Gasteiger partial charge in [0, 0.05) is 12.6 Å². The Kier molecular flexibility index (Phi) is 3.34. The molecule has 5 heteroatoms. The van der Waals surface area contributed by atoms with Crippen LogP contribution in [-0.4, -0.2) is 24.6 Å². The standard InChI is InChI=1S/C13H15FN2O2/c1-3-6-16-10-7-9(14)4-5-11(10)18-8(2)12(15)13(16)17/h3-5,7-8,12H,1,6,15H2,2H3/t8-,12+/m1/s1. The van der Waals surface area contributed by atoms with E-state index in [9.17, 15) is 9.18 Å². The molecule has 0 spiro atoms. The lowest BCUT2D eigenvalue weighted by Crippen LogP contribution is -2.49. The van der Waals surface area contributed by atoms with Crippen LogP contribution in [0.2, 0.25) is 0 Å².